The van der Waals surface area contributed by atoms with Gasteiger partial charge in [0.05, 0.1) is 11.3 Å². The Bertz CT molecular complexity index is 1380. The van der Waals surface area contributed by atoms with Gasteiger partial charge in [0, 0.05) is 30.9 Å². The number of amides is 1. The monoisotopic (exact) mass is 474 g/mol. The van der Waals surface area contributed by atoms with Crippen LogP contribution >= 0.6 is 11.6 Å². The van der Waals surface area contributed by atoms with Gasteiger partial charge in [-0.1, -0.05) is 41.9 Å². The highest BCUT2D eigenvalue weighted by atomic mass is 35.5. The second-order valence-electron chi connectivity index (χ2n) is 7.67. The van der Waals surface area contributed by atoms with E-state index < -0.39 is 5.91 Å². The summed E-state index contributed by atoms with van der Waals surface area (Å²) in [7, 11) is 3.32. The zero-order valence-corrected chi connectivity index (χ0v) is 19.5. The van der Waals surface area contributed by atoms with E-state index in [0.29, 0.717) is 27.6 Å². The van der Waals surface area contributed by atoms with E-state index in [1.807, 2.05) is 36.4 Å². The lowest BCUT2D eigenvalue weighted by Gasteiger charge is -2.16. The number of halogens is 1. The first kappa shape index (κ1) is 23.1. The molecule has 0 unspecified atom stereocenters. The van der Waals surface area contributed by atoms with Crippen LogP contribution in [0.25, 0.3) is 22.4 Å². The topological polar surface area (TPSA) is 103 Å². The molecule has 1 heterocycles. The van der Waals surface area contributed by atoms with E-state index in [1.54, 1.807) is 50.6 Å². The highest BCUT2D eigenvalue weighted by Gasteiger charge is 2.20. The molecular weight excluding hydrogens is 452 g/mol. The van der Waals surface area contributed by atoms with E-state index in [1.165, 1.54) is 4.68 Å². The molecule has 0 bridgehead atoms. The third kappa shape index (κ3) is 4.79. The van der Waals surface area contributed by atoms with Crippen molar-refractivity contribution in [3.63, 3.8) is 0 Å². The summed E-state index contributed by atoms with van der Waals surface area (Å²) in [5.41, 5.74) is 9.60. The van der Waals surface area contributed by atoms with Crippen LogP contribution in [0, 0.1) is 0 Å². The number of ether oxygens (including phenoxy) is 1. The molecule has 3 N–H and O–H groups in total. The van der Waals surface area contributed by atoms with Crippen molar-refractivity contribution >= 4 is 23.7 Å². The molecular formula is C26H23ClN4O3. The van der Waals surface area contributed by atoms with Gasteiger partial charge >= 0.3 is 0 Å². The Morgan fingerprint density at radius 2 is 1.94 bits per heavy atom. The number of nitrogens with two attached hydrogens (primary N) is 1. The molecule has 7 nitrogen and oxygen atoms in total. The summed E-state index contributed by atoms with van der Waals surface area (Å²) >= 11 is 5.98. The van der Waals surface area contributed by atoms with Crippen LogP contribution in [-0.4, -0.2) is 34.1 Å². The largest absolute Gasteiger partial charge is 0.506 e. The van der Waals surface area contributed by atoms with E-state index in [-0.39, 0.29) is 18.1 Å². The Morgan fingerprint density at radius 1 is 1.18 bits per heavy atom. The number of primary amides is 1. The van der Waals surface area contributed by atoms with Crippen LogP contribution in [0.1, 0.15) is 21.6 Å². The summed E-state index contributed by atoms with van der Waals surface area (Å²) in [6.45, 7) is 0.286. The maximum atomic E-state index is 11.7. The fourth-order valence-electron chi connectivity index (χ4n) is 3.67. The van der Waals surface area contributed by atoms with Crippen LogP contribution < -0.4 is 10.5 Å². The van der Waals surface area contributed by atoms with Gasteiger partial charge in [0.25, 0.3) is 5.91 Å². The van der Waals surface area contributed by atoms with Crippen LogP contribution in [0.15, 0.2) is 71.7 Å². The number of carbonyl (C=O) groups excluding carboxylic acids is 1. The highest BCUT2D eigenvalue weighted by molar-refractivity contribution is 6.30. The molecule has 8 heteroatoms. The minimum Gasteiger partial charge on any atom is -0.506 e. The molecule has 0 radical (unpaired) electrons. The maximum Gasteiger partial charge on any atom is 0.266 e. The van der Waals surface area contributed by atoms with Crippen molar-refractivity contribution in [3.8, 4) is 33.9 Å². The second-order valence-corrected chi connectivity index (χ2v) is 8.10. The van der Waals surface area contributed by atoms with Crippen LogP contribution in [0.4, 0.5) is 0 Å². The quantitative estimate of drug-likeness (QED) is 0.374. The molecule has 4 aromatic rings. The molecule has 0 saturated carbocycles. The van der Waals surface area contributed by atoms with Gasteiger partial charge in [0.2, 0.25) is 0 Å². The number of aromatic hydroxyl groups is 1. The predicted octanol–water partition coefficient (Wildman–Crippen LogP) is 4.84. The van der Waals surface area contributed by atoms with E-state index in [4.69, 9.17) is 22.1 Å². The number of hydrogen-bond acceptors (Lipinski definition) is 5. The molecule has 1 amide bonds. The lowest BCUT2D eigenvalue weighted by Crippen LogP contribution is -2.15. The molecule has 1 aromatic heterocycles. The van der Waals surface area contributed by atoms with Crippen molar-refractivity contribution in [1.82, 2.24) is 9.78 Å². The molecule has 0 aliphatic heterocycles. The summed E-state index contributed by atoms with van der Waals surface area (Å²) < 4.78 is 7.51. The SMILES string of the molecule is C/N=C\c1cccc(-c2c(OCc3ccc(Cl)cc3)ccc(-c3cc(C(N)=O)n(C)n3)c2O)c1. The zero-order chi connectivity index (χ0) is 24.2. The first-order chi connectivity index (χ1) is 16.4. The number of phenols is 1. The van der Waals surface area contributed by atoms with Crippen LogP contribution in [0.5, 0.6) is 11.5 Å². The van der Waals surface area contributed by atoms with Crippen molar-refractivity contribution in [1.29, 1.82) is 0 Å². The highest BCUT2D eigenvalue weighted by Crippen LogP contribution is 2.44. The number of aromatic nitrogens is 2. The number of nitrogens with zero attached hydrogens (tertiary/aromatic N) is 3. The number of phenolic OH excluding ortho intramolecular Hbond substituents is 1. The minimum atomic E-state index is -0.601. The first-order valence-corrected chi connectivity index (χ1v) is 10.8. The van der Waals surface area contributed by atoms with Crippen molar-refractivity contribution in [3.05, 3.63) is 88.6 Å². The third-order valence-corrected chi connectivity index (χ3v) is 5.56. The van der Waals surface area contributed by atoms with Crippen molar-refractivity contribution in [2.75, 3.05) is 7.05 Å². The molecule has 34 heavy (non-hydrogen) atoms. The molecule has 0 fully saturated rings. The standard InChI is InChI=1S/C26H23ClN4O3/c1-29-14-17-4-3-5-18(12-17)24-23(34-15-16-6-8-19(27)9-7-16)11-10-20(25(24)32)21-13-22(26(28)33)31(2)30-21/h3-14,32H,15H2,1-2H3,(H2,28,33)/b29-14-. The van der Waals surface area contributed by atoms with Crippen molar-refractivity contribution in [2.45, 2.75) is 6.61 Å². The lowest BCUT2D eigenvalue weighted by molar-refractivity contribution is 0.0991. The summed E-state index contributed by atoms with van der Waals surface area (Å²) in [5.74, 6) is -0.128. The summed E-state index contributed by atoms with van der Waals surface area (Å²) in [6, 6.07) is 20.0. The molecule has 0 spiro atoms. The maximum absolute atomic E-state index is 11.7. The number of carbonyl (C=O) groups is 1. The summed E-state index contributed by atoms with van der Waals surface area (Å²) in [6.07, 6.45) is 1.73. The minimum absolute atomic E-state index is 0.0201. The fourth-order valence-corrected chi connectivity index (χ4v) is 3.80. The lowest BCUT2D eigenvalue weighted by atomic mass is 9.97. The molecule has 3 aromatic carbocycles. The molecule has 4 rings (SSSR count). The zero-order valence-electron chi connectivity index (χ0n) is 18.7. The van der Waals surface area contributed by atoms with E-state index in [2.05, 4.69) is 10.1 Å². The van der Waals surface area contributed by atoms with Crippen molar-refractivity contribution in [2.24, 2.45) is 17.8 Å². The Kier molecular flexibility index (Phi) is 6.65. The van der Waals surface area contributed by atoms with Gasteiger partial charge in [0.15, 0.2) is 0 Å². The van der Waals surface area contributed by atoms with Gasteiger partial charge in [0.1, 0.15) is 23.8 Å². The number of aliphatic imine (C=N–C) groups is 1. The Hall–Kier alpha value is -4.10. The van der Waals surface area contributed by atoms with Gasteiger partial charge in [-0.2, -0.15) is 5.10 Å². The molecule has 0 atom stereocenters. The fraction of sp³-hybridized carbons (Fsp3) is 0.115. The average Bonchev–Trinajstić information content (AvgIpc) is 3.20. The Labute approximate surface area is 202 Å². The van der Waals surface area contributed by atoms with Gasteiger partial charge in [-0.25, -0.2) is 0 Å². The summed E-state index contributed by atoms with van der Waals surface area (Å²) in [5, 5.41) is 16.4. The van der Waals surface area contributed by atoms with E-state index >= 15 is 0 Å². The molecule has 0 saturated heterocycles. The van der Waals surface area contributed by atoms with Crippen LogP contribution in [-0.2, 0) is 13.7 Å². The first-order valence-electron chi connectivity index (χ1n) is 10.5. The average molecular weight is 475 g/mol. The third-order valence-electron chi connectivity index (χ3n) is 5.31. The number of aryl methyl sites for hydroxylation is 1. The molecule has 0 aliphatic rings. The number of hydrogen-bond donors (Lipinski definition) is 2. The number of rotatable bonds is 7. The van der Waals surface area contributed by atoms with E-state index in [9.17, 15) is 9.90 Å². The van der Waals surface area contributed by atoms with E-state index in [0.717, 1.165) is 16.7 Å². The Balaban J connectivity index is 1.82. The van der Waals surface area contributed by atoms with Crippen molar-refractivity contribution < 1.29 is 14.6 Å². The van der Waals surface area contributed by atoms with Crippen LogP contribution in [0.3, 0.4) is 0 Å². The molecule has 172 valence electrons. The second kappa shape index (κ2) is 9.80. The summed E-state index contributed by atoms with van der Waals surface area (Å²) in [4.78, 5) is 15.8. The van der Waals surface area contributed by atoms with Gasteiger partial charge < -0.3 is 15.6 Å². The smallest absolute Gasteiger partial charge is 0.266 e. The van der Waals surface area contributed by atoms with Gasteiger partial charge in [-0.15, -0.1) is 0 Å². The Morgan fingerprint density at radius 3 is 2.62 bits per heavy atom. The molecule has 0 aliphatic carbocycles. The van der Waals surface area contributed by atoms with Gasteiger partial charge in [-0.05, 0) is 53.1 Å². The van der Waals surface area contributed by atoms with Gasteiger partial charge in [-0.3, -0.25) is 14.5 Å². The van der Waals surface area contributed by atoms with Crippen LogP contribution in [0.2, 0.25) is 5.02 Å². The number of benzene rings is 3. The predicted molar refractivity (Wildman–Crippen MR) is 134 cm³/mol. The normalized spacial score (nSPS) is 11.1.